The molecule has 1 nitrogen and oxygen atoms in total. The van der Waals surface area contributed by atoms with E-state index in [4.69, 9.17) is 5.73 Å². The van der Waals surface area contributed by atoms with E-state index in [0.717, 1.165) is 12.5 Å². The number of allylic oxidation sites excluding steroid dienone is 2. The van der Waals surface area contributed by atoms with Gasteiger partial charge in [-0.25, -0.2) is 0 Å². The highest BCUT2D eigenvalue weighted by Crippen LogP contribution is 2.30. The molecule has 0 spiro atoms. The SMILES string of the molecule is CCCCCCCC/C=C(/CCCCCCCC)[C@@H](CCCCCCCC)CCCCCCCCN. The van der Waals surface area contributed by atoms with Crippen molar-refractivity contribution in [1.29, 1.82) is 0 Å². The first-order valence-corrected chi connectivity index (χ1v) is 17.2. The molecule has 0 fully saturated rings. The second-order valence-electron chi connectivity index (χ2n) is 11.8. The van der Waals surface area contributed by atoms with Gasteiger partial charge in [0.1, 0.15) is 0 Å². The van der Waals surface area contributed by atoms with Gasteiger partial charge in [-0.1, -0.05) is 167 Å². The first-order chi connectivity index (χ1) is 17.8. The average Bonchev–Trinajstić information content (AvgIpc) is 2.89. The molecule has 0 aliphatic heterocycles. The lowest BCUT2D eigenvalue weighted by molar-refractivity contribution is 0.433. The van der Waals surface area contributed by atoms with Crippen molar-refractivity contribution in [3.8, 4) is 0 Å². The maximum atomic E-state index is 5.67. The summed E-state index contributed by atoms with van der Waals surface area (Å²) in [5.74, 6) is 0.871. The largest absolute Gasteiger partial charge is 0.330 e. The van der Waals surface area contributed by atoms with Gasteiger partial charge in [0.2, 0.25) is 0 Å². The topological polar surface area (TPSA) is 26.0 Å². The van der Waals surface area contributed by atoms with Crippen molar-refractivity contribution in [3.63, 3.8) is 0 Å². The van der Waals surface area contributed by atoms with Crippen LogP contribution in [0.2, 0.25) is 0 Å². The van der Waals surface area contributed by atoms with Crippen LogP contribution in [-0.2, 0) is 0 Å². The fourth-order valence-electron chi connectivity index (χ4n) is 5.72. The molecule has 0 aliphatic rings. The molecule has 0 bridgehead atoms. The van der Waals surface area contributed by atoms with E-state index in [-0.39, 0.29) is 0 Å². The summed E-state index contributed by atoms with van der Waals surface area (Å²) in [6, 6.07) is 0. The van der Waals surface area contributed by atoms with Crippen LogP contribution in [0.4, 0.5) is 0 Å². The van der Waals surface area contributed by atoms with Gasteiger partial charge in [-0.3, -0.25) is 0 Å². The van der Waals surface area contributed by atoms with Gasteiger partial charge in [0.15, 0.2) is 0 Å². The fraction of sp³-hybridized carbons (Fsp3) is 0.943. The number of hydrogen-bond acceptors (Lipinski definition) is 1. The molecule has 0 unspecified atom stereocenters. The zero-order valence-electron chi connectivity index (χ0n) is 25.7. The normalized spacial score (nSPS) is 12.9. The third-order valence-electron chi connectivity index (χ3n) is 8.22. The standard InChI is InChI=1S/C35H71N/c1-4-7-10-13-16-21-26-31-34(29-24-19-14-11-8-5-2)35(30-25-20-15-12-9-6-3)32-27-22-17-18-23-28-33-36/h31,35H,4-30,32-33,36H2,1-3H3/b34-31-/t35-/m0/s1. The Labute approximate surface area is 230 Å². The third-order valence-corrected chi connectivity index (χ3v) is 8.22. The third kappa shape index (κ3) is 25.4. The van der Waals surface area contributed by atoms with E-state index >= 15 is 0 Å². The van der Waals surface area contributed by atoms with E-state index in [1.54, 1.807) is 0 Å². The van der Waals surface area contributed by atoms with Crippen LogP contribution < -0.4 is 5.73 Å². The van der Waals surface area contributed by atoms with Gasteiger partial charge in [-0.15, -0.1) is 0 Å². The van der Waals surface area contributed by atoms with Crippen molar-refractivity contribution in [2.75, 3.05) is 6.54 Å². The summed E-state index contributed by atoms with van der Waals surface area (Å²) < 4.78 is 0. The van der Waals surface area contributed by atoms with Crippen LogP contribution in [0.1, 0.15) is 201 Å². The van der Waals surface area contributed by atoms with Gasteiger partial charge in [0, 0.05) is 0 Å². The van der Waals surface area contributed by atoms with Crippen LogP contribution in [0.25, 0.3) is 0 Å². The predicted molar refractivity (Wildman–Crippen MR) is 167 cm³/mol. The van der Waals surface area contributed by atoms with Crippen molar-refractivity contribution in [3.05, 3.63) is 11.6 Å². The van der Waals surface area contributed by atoms with Crippen molar-refractivity contribution in [2.45, 2.75) is 201 Å². The molecular weight excluding hydrogens is 434 g/mol. The average molecular weight is 506 g/mol. The number of unbranched alkanes of at least 4 members (excludes halogenated alkanes) is 21. The highest BCUT2D eigenvalue weighted by Gasteiger charge is 2.14. The van der Waals surface area contributed by atoms with Crippen LogP contribution in [0.15, 0.2) is 11.6 Å². The van der Waals surface area contributed by atoms with Gasteiger partial charge in [0.05, 0.1) is 0 Å². The highest BCUT2D eigenvalue weighted by molar-refractivity contribution is 5.07. The molecule has 216 valence electrons. The van der Waals surface area contributed by atoms with E-state index in [1.807, 2.05) is 5.57 Å². The Balaban J connectivity index is 4.80. The summed E-state index contributed by atoms with van der Waals surface area (Å²) in [7, 11) is 0. The molecule has 0 saturated carbocycles. The molecule has 36 heavy (non-hydrogen) atoms. The Bertz CT molecular complexity index is 426. The molecule has 0 aromatic heterocycles. The summed E-state index contributed by atoms with van der Waals surface area (Å²) in [4.78, 5) is 0. The van der Waals surface area contributed by atoms with Crippen LogP contribution in [0.5, 0.6) is 0 Å². The minimum Gasteiger partial charge on any atom is -0.330 e. The molecule has 1 atom stereocenters. The van der Waals surface area contributed by atoms with Gasteiger partial charge in [-0.05, 0) is 57.4 Å². The van der Waals surface area contributed by atoms with Gasteiger partial charge in [0.25, 0.3) is 0 Å². The molecule has 0 amide bonds. The molecule has 0 aromatic rings. The quantitative estimate of drug-likeness (QED) is 0.0762. The fourth-order valence-corrected chi connectivity index (χ4v) is 5.72. The molecule has 0 heterocycles. The Morgan fingerprint density at radius 3 is 1.33 bits per heavy atom. The second kappa shape index (κ2) is 30.9. The van der Waals surface area contributed by atoms with Gasteiger partial charge < -0.3 is 5.73 Å². The summed E-state index contributed by atoms with van der Waals surface area (Å²) in [6.45, 7) is 7.84. The lowest BCUT2D eigenvalue weighted by Crippen LogP contribution is -2.06. The Morgan fingerprint density at radius 1 is 0.472 bits per heavy atom. The lowest BCUT2D eigenvalue weighted by atomic mass is 9.84. The zero-order valence-corrected chi connectivity index (χ0v) is 25.7. The first kappa shape index (κ1) is 35.7. The van der Waals surface area contributed by atoms with Gasteiger partial charge in [-0.2, -0.15) is 0 Å². The van der Waals surface area contributed by atoms with E-state index in [0.29, 0.717) is 0 Å². The zero-order chi connectivity index (χ0) is 26.4. The molecule has 2 N–H and O–H groups in total. The van der Waals surface area contributed by atoms with Crippen molar-refractivity contribution in [2.24, 2.45) is 11.7 Å². The first-order valence-electron chi connectivity index (χ1n) is 17.2. The Hall–Kier alpha value is -0.300. The maximum absolute atomic E-state index is 5.67. The van der Waals surface area contributed by atoms with Crippen LogP contribution in [0, 0.1) is 5.92 Å². The number of rotatable bonds is 30. The van der Waals surface area contributed by atoms with E-state index in [9.17, 15) is 0 Å². The van der Waals surface area contributed by atoms with Crippen molar-refractivity contribution >= 4 is 0 Å². The highest BCUT2D eigenvalue weighted by atomic mass is 14.5. The summed E-state index contributed by atoms with van der Waals surface area (Å²) in [5.41, 5.74) is 7.55. The van der Waals surface area contributed by atoms with Crippen molar-refractivity contribution < 1.29 is 0 Å². The Morgan fingerprint density at radius 2 is 0.861 bits per heavy atom. The van der Waals surface area contributed by atoms with E-state index < -0.39 is 0 Å². The van der Waals surface area contributed by atoms with Crippen LogP contribution in [-0.4, -0.2) is 6.54 Å². The molecule has 0 rings (SSSR count). The minimum absolute atomic E-state index is 0.867. The minimum atomic E-state index is 0.867. The second-order valence-corrected chi connectivity index (χ2v) is 11.8. The van der Waals surface area contributed by atoms with E-state index in [2.05, 4.69) is 26.8 Å². The molecule has 0 saturated heterocycles. The van der Waals surface area contributed by atoms with E-state index in [1.165, 1.54) is 180 Å². The maximum Gasteiger partial charge on any atom is -0.00773 e. The van der Waals surface area contributed by atoms with Crippen molar-refractivity contribution in [1.82, 2.24) is 0 Å². The predicted octanol–water partition coefficient (Wildman–Crippen LogP) is 12.5. The van der Waals surface area contributed by atoms with Crippen LogP contribution >= 0.6 is 0 Å². The smallest absolute Gasteiger partial charge is 0.00773 e. The summed E-state index contributed by atoms with van der Waals surface area (Å²) in [6.07, 6.45) is 42.2. The molecule has 0 aromatic carbocycles. The number of hydrogen-bond donors (Lipinski definition) is 1. The lowest BCUT2D eigenvalue weighted by Gasteiger charge is -2.22. The molecule has 0 aliphatic carbocycles. The summed E-state index contributed by atoms with van der Waals surface area (Å²) in [5, 5.41) is 0. The molecule has 1 heteroatoms. The monoisotopic (exact) mass is 506 g/mol. The number of nitrogens with two attached hydrogens (primary N) is 1. The summed E-state index contributed by atoms with van der Waals surface area (Å²) >= 11 is 0. The van der Waals surface area contributed by atoms with Crippen LogP contribution in [0.3, 0.4) is 0 Å². The molecular formula is C35H71N. The van der Waals surface area contributed by atoms with Gasteiger partial charge >= 0.3 is 0 Å². The molecule has 0 radical (unpaired) electrons. The Kier molecular flexibility index (Phi) is 30.7.